The first-order valence-corrected chi connectivity index (χ1v) is 8.47. The van der Waals surface area contributed by atoms with E-state index in [2.05, 4.69) is 5.32 Å². The summed E-state index contributed by atoms with van der Waals surface area (Å²) in [4.78, 5) is 14.5. The minimum Gasteiger partial charge on any atom is -0.396 e. The molecule has 4 unspecified atom stereocenters. The molecule has 5 nitrogen and oxygen atoms in total. The molecule has 2 aliphatic heterocycles. The second-order valence-corrected chi connectivity index (χ2v) is 6.79. The maximum absolute atomic E-state index is 12.5. The van der Waals surface area contributed by atoms with Crippen molar-refractivity contribution in [2.45, 2.75) is 37.5 Å². The van der Waals surface area contributed by atoms with Crippen LogP contribution in [0.5, 0.6) is 0 Å². The lowest BCUT2D eigenvalue weighted by molar-refractivity contribution is 0.100. The Balaban J connectivity index is 1.60. The van der Waals surface area contributed by atoms with Crippen molar-refractivity contribution in [2.75, 3.05) is 20.3 Å². The van der Waals surface area contributed by atoms with Gasteiger partial charge in [0.1, 0.15) is 0 Å². The van der Waals surface area contributed by atoms with Crippen LogP contribution in [0.4, 0.5) is 4.79 Å². The predicted molar refractivity (Wildman–Crippen MR) is 88.4 cm³/mol. The van der Waals surface area contributed by atoms with Crippen LogP contribution in [0.2, 0.25) is 5.02 Å². The molecule has 23 heavy (non-hydrogen) atoms. The monoisotopic (exact) mass is 338 g/mol. The Bertz CT molecular complexity index is 569. The van der Waals surface area contributed by atoms with Crippen molar-refractivity contribution in [3.63, 3.8) is 0 Å². The van der Waals surface area contributed by atoms with Gasteiger partial charge in [-0.2, -0.15) is 0 Å². The van der Waals surface area contributed by atoms with Gasteiger partial charge >= 0.3 is 6.03 Å². The number of benzene rings is 1. The van der Waals surface area contributed by atoms with Gasteiger partial charge in [-0.3, -0.25) is 0 Å². The summed E-state index contributed by atoms with van der Waals surface area (Å²) < 4.78 is 5.48. The van der Waals surface area contributed by atoms with E-state index < -0.39 is 0 Å². The van der Waals surface area contributed by atoms with E-state index in [1.807, 2.05) is 29.2 Å². The zero-order valence-corrected chi connectivity index (χ0v) is 14.0. The van der Waals surface area contributed by atoms with Gasteiger partial charge in [-0.25, -0.2) is 4.79 Å². The molecule has 2 heterocycles. The van der Waals surface area contributed by atoms with E-state index in [-0.39, 0.29) is 36.7 Å². The number of methoxy groups -OCH3 is 1. The predicted octanol–water partition coefficient (Wildman–Crippen LogP) is 2.58. The molecule has 2 N–H and O–H groups in total. The number of ether oxygens (including phenoxy) is 1. The molecule has 0 aliphatic carbocycles. The van der Waals surface area contributed by atoms with Crippen molar-refractivity contribution in [2.24, 2.45) is 5.92 Å². The van der Waals surface area contributed by atoms with Gasteiger partial charge in [-0.05, 0) is 37.0 Å². The molecule has 126 valence electrons. The van der Waals surface area contributed by atoms with Crippen LogP contribution in [-0.2, 0) is 4.74 Å². The Kier molecular flexibility index (Phi) is 5.09. The first-order valence-electron chi connectivity index (χ1n) is 8.09. The van der Waals surface area contributed by atoms with Crippen LogP contribution >= 0.6 is 11.6 Å². The van der Waals surface area contributed by atoms with E-state index >= 15 is 0 Å². The standard InChI is InChI=1S/C17H23ClN2O3/c1-23-16(11-3-2-4-13(18)7-11)9-19-17(22)20-14-5-6-15(20)12(8-14)10-21/h2-4,7,12,14-16,21H,5-6,8-10H2,1H3,(H,19,22). The molecule has 6 heteroatoms. The van der Waals surface area contributed by atoms with Crippen LogP contribution in [0.15, 0.2) is 24.3 Å². The molecule has 2 saturated heterocycles. The minimum atomic E-state index is -0.230. The third-order valence-electron chi connectivity index (χ3n) is 5.08. The fourth-order valence-electron chi connectivity index (χ4n) is 3.94. The van der Waals surface area contributed by atoms with Gasteiger partial charge in [-0.1, -0.05) is 23.7 Å². The van der Waals surface area contributed by atoms with Crippen molar-refractivity contribution < 1.29 is 14.6 Å². The lowest BCUT2D eigenvalue weighted by atomic mass is 9.90. The Morgan fingerprint density at radius 2 is 2.35 bits per heavy atom. The number of aliphatic hydroxyl groups is 1. The van der Waals surface area contributed by atoms with E-state index in [1.165, 1.54) is 0 Å². The molecule has 0 aromatic heterocycles. The molecule has 0 radical (unpaired) electrons. The first-order chi connectivity index (χ1) is 11.1. The Morgan fingerprint density at radius 3 is 3.00 bits per heavy atom. The molecule has 0 saturated carbocycles. The van der Waals surface area contributed by atoms with Crippen LogP contribution < -0.4 is 5.32 Å². The summed E-state index contributed by atoms with van der Waals surface area (Å²) in [6.45, 7) is 0.559. The molecule has 4 atom stereocenters. The van der Waals surface area contributed by atoms with Gasteiger partial charge in [0.2, 0.25) is 0 Å². The van der Waals surface area contributed by atoms with Crippen LogP contribution in [0.25, 0.3) is 0 Å². The summed E-state index contributed by atoms with van der Waals surface area (Å²) in [6.07, 6.45) is 2.71. The van der Waals surface area contributed by atoms with Crippen LogP contribution in [-0.4, -0.2) is 48.4 Å². The maximum atomic E-state index is 12.5. The lowest BCUT2D eigenvalue weighted by Gasteiger charge is -2.25. The SMILES string of the molecule is COC(CNC(=O)N1C2CCC1C(CO)C2)c1cccc(Cl)c1. The van der Waals surface area contributed by atoms with Crippen LogP contribution in [0, 0.1) is 5.92 Å². The number of carbonyl (C=O) groups is 1. The fourth-order valence-corrected chi connectivity index (χ4v) is 4.14. The molecule has 0 spiro atoms. The summed E-state index contributed by atoms with van der Waals surface area (Å²) in [5.41, 5.74) is 0.943. The third-order valence-corrected chi connectivity index (χ3v) is 5.31. The summed E-state index contributed by atoms with van der Waals surface area (Å²) >= 11 is 6.02. The van der Waals surface area contributed by atoms with Crippen molar-refractivity contribution in [3.05, 3.63) is 34.9 Å². The first kappa shape index (κ1) is 16.6. The summed E-state index contributed by atoms with van der Waals surface area (Å²) in [7, 11) is 1.62. The smallest absolute Gasteiger partial charge is 0.318 e. The zero-order valence-electron chi connectivity index (χ0n) is 13.2. The quantitative estimate of drug-likeness (QED) is 0.867. The average molecular weight is 339 g/mol. The number of urea groups is 1. The fraction of sp³-hybridized carbons (Fsp3) is 0.588. The van der Waals surface area contributed by atoms with Gasteiger partial charge in [-0.15, -0.1) is 0 Å². The number of carbonyl (C=O) groups excluding carboxylic acids is 1. The normalized spacial score (nSPS) is 27.3. The van der Waals surface area contributed by atoms with E-state index in [9.17, 15) is 9.90 Å². The van der Waals surface area contributed by atoms with E-state index in [0.29, 0.717) is 11.6 Å². The zero-order chi connectivity index (χ0) is 16.4. The van der Waals surface area contributed by atoms with Gasteiger partial charge in [0, 0.05) is 43.3 Å². The van der Waals surface area contributed by atoms with Gasteiger partial charge in [0.25, 0.3) is 0 Å². The highest BCUT2D eigenvalue weighted by atomic mass is 35.5. The number of nitrogens with zero attached hydrogens (tertiary/aromatic N) is 1. The molecule has 2 bridgehead atoms. The Hall–Kier alpha value is -1.30. The molecule has 1 aromatic rings. The Morgan fingerprint density at radius 1 is 1.52 bits per heavy atom. The van der Waals surface area contributed by atoms with E-state index in [1.54, 1.807) is 7.11 Å². The highest BCUT2D eigenvalue weighted by Gasteiger charge is 2.48. The maximum Gasteiger partial charge on any atom is 0.318 e. The highest BCUT2D eigenvalue weighted by Crippen LogP contribution is 2.41. The van der Waals surface area contributed by atoms with Gasteiger partial charge in [0.15, 0.2) is 0 Å². The second-order valence-electron chi connectivity index (χ2n) is 6.35. The average Bonchev–Trinajstić information content (AvgIpc) is 3.13. The molecule has 1 aromatic carbocycles. The number of hydrogen-bond donors (Lipinski definition) is 2. The van der Waals surface area contributed by atoms with Crippen molar-refractivity contribution in [1.29, 1.82) is 0 Å². The summed E-state index contributed by atoms with van der Waals surface area (Å²) in [6, 6.07) is 7.86. The van der Waals surface area contributed by atoms with Crippen molar-refractivity contribution in [1.82, 2.24) is 10.2 Å². The summed E-state index contributed by atoms with van der Waals surface area (Å²) in [5.74, 6) is 0.227. The minimum absolute atomic E-state index is 0.0578. The summed E-state index contributed by atoms with van der Waals surface area (Å²) in [5, 5.41) is 13.1. The second kappa shape index (κ2) is 7.07. The van der Waals surface area contributed by atoms with Crippen molar-refractivity contribution >= 4 is 17.6 Å². The number of aliphatic hydroxyl groups excluding tert-OH is 1. The Labute approximate surface area is 141 Å². The van der Waals surface area contributed by atoms with Gasteiger partial charge < -0.3 is 20.1 Å². The molecule has 2 amide bonds. The number of halogens is 1. The van der Waals surface area contributed by atoms with E-state index in [0.717, 1.165) is 24.8 Å². The number of rotatable bonds is 5. The number of nitrogens with one attached hydrogen (secondary N) is 1. The number of fused-ring (bicyclic) bond motifs is 2. The lowest BCUT2D eigenvalue weighted by Crippen LogP contribution is -2.45. The van der Waals surface area contributed by atoms with Crippen LogP contribution in [0.3, 0.4) is 0 Å². The molecular formula is C17H23ClN2O3. The van der Waals surface area contributed by atoms with Crippen LogP contribution in [0.1, 0.15) is 30.9 Å². The number of amides is 2. The topological polar surface area (TPSA) is 61.8 Å². The molecule has 2 fully saturated rings. The molecule has 2 aliphatic rings. The highest BCUT2D eigenvalue weighted by molar-refractivity contribution is 6.30. The molecule has 3 rings (SSSR count). The van der Waals surface area contributed by atoms with E-state index in [4.69, 9.17) is 16.3 Å². The largest absolute Gasteiger partial charge is 0.396 e. The van der Waals surface area contributed by atoms with Gasteiger partial charge in [0.05, 0.1) is 6.10 Å². The third kappa shape index (κ3) is 3.32. The van der Waals surface area contributed by atoms with Crippen molar-refractivity contribution in [3.8, 4) is 0 Å². The molecular weight excluding hydrogens is 316 g/mol. The number of hydrogen-bond acceptors (Lipinski definition) is 3.